The van der Waals surface area contributed by atoms with E-state index in [9.17, 15) is 4.79 Å². The van der Waals surface area contributed by atoms with Crippen LogP contribution in [0.4, 0.5) is 0 Å². The van der Waals surface area contributed by atoms with Crippen molar-refractivity contribution in [2.45, 2.75) is 0 Å². The van der Waals surface area contributed by atoms with Gasteiger partial charge in [-0.25, -0.2) is 4.79 Å². The first-order valence-electron chi connectivity index (χ1n) is 4.15. The van der Waals surface area contributed by atoms with E-state index in [0.717, 1.165) is 0 Å². The van der Waals surface area contributed by atoms with Gasteiger partial charge in [0.25, 0.3) is 0 Å². The maximum Gasteiger partial charge on any atom is 0.391 e. The van der Waals surface area contributed by atoms with Crippen LogP contribution in [0, 0.1) is 0 Å². The Labute approximate surface area is 97.3 Å². The quantitative estimate of drug-likeness (QED) is 0.403. The highest BCUT2D eigenvalue weighted by molar-refractivity contribution is 8.14. The lowest BCUT2D eigenvalue weighted by atomic mass is 10.6. The molecule has 0 bridgehead atoms. The molecule has 0 radical (unpaired) electrons. The first kappa shape index (κ1) is 11.9. The third kappa shape index (κ3) is 3.14. The number of amides is 1. The van der Waals surface area contributed by atoms with Crippen molar-refractivity contribution in [3.63, 3.8) is 0 Å². The number of nitrogens with one attached hydrogen (secondary N) is 2. The highest BCUT2D eigenvalue weighted by Crippen LogP contribution is 2.13. The Hall–Kier alpha value is -1.21. The second kappa shape index (κ2) is 5.62. The molecule has 0 atom stereocenters. The van der Waals surface area contributed by atoms with Crippen molar-refractivity contribution in [3.8, 4) is 0 Å². The van der Waals surface area contributed by atoms with Crippen molar-refractivity contribution in [1.29, 1.82) is 0 Å². The van der Waals surface area contributed by atoms with Crippen LogP contribution < -0.4 is 10.7 Å². The van der Waals surface area contributed by atoms with E-state index in [0.29, 0.717) is 16.0 Å². The summed E-state index contributed by atoms with van der Waals surface area (Å²) in [4.78, 5) is 11.4. The third-order valence-corrected chi connectivity index (χ3v) is 2.77. The number of carbonyl (C=O) groups is 1. The summed E-state index contributed by atoms with van der Waals surface area (Å²) in [5, 5.41) is 7.68. The summed E-state index contributed by atoms with van der Waals surface area (Å²) in [7, 11) is 1.69. The van der Waals surface area contributed by atoms with Crippen LogP contribution in [0.25, 0.3) is 0 Å². The van der Waals surface area contributed by atoms with Gasteiger partial charge in [0.2, 0.25) is 5.11 Å². The van der Waals surface area contributed by atoms with Crippen LogP contribution in [0.2, 0.25) is 0 Å². The summed E-state index contributed by atoms with van der Waals surface area (Å²) in [6, 6.07) is 0. The smallest absolute Gasteiger partial charge is 0.363 e. The van der Waals surface area contributed by atoms with Gasteiger partial charge in [-0.15, -0.1) is 0 Å². The van der Waals surface area contributed by atoms with Crippen molar-refractivity contribution in [1.82, 2.24) is 10.7 Å². The van der Waals surface area contributed by atoms with E-state index in [1.165, 1.54) is 22.4 Å². The molecule has 0 unspecified atom stereocenters. The van der Waals surface area contributed by atoms with E-state index in [1.54, 1.807) is 13.3 Å². The lowest BCUT2D eigenvalue weighted by Crippen LogP contribution is -2.30. The van der Waals surface area contributed by atoms with Crippen molar-refractivity contribution in [2.24, 2.45) is 5.10 Å². The van der Waals surface area contributed by atoms with E-state index >= 15 is 0 Å². The molecule has 15 heavy (non-hydrogen) atoms. The topological polar surface area (TPSA) is 56.5 Å². The molecule has 1 heterocycles. The number of hydrazone groups is 1. The first-order chi connectivity index (χ1) is 7.19. The van der Waals surface area contributed by atoms with E-state index in [-0.39, 0.29) is 5.91 Å². The van der Waals surface area contributed by atoms with Crippen LogP contribution in [-0.4, -0.2) is 39.8 Å². The van der Waals surface area contributed by atoms with Gasteiger partial charge in [0.1, 0.15) is 5.75 Å². The number of allylic oxidation sites excluding steroid dienone is 1. The van der Waals surface area contributed by atoms with Gasteiger partial charge in [-0.1, -0.05) is 6.58 Å². The van der Waals surface area contributed by atoms with E-state index in [2.05, 4.69) is 22.4 Å². The van der Waals surface area contributed by atoms with Crippen LogP contribution in [0.15, 0.2) is 17.8 Å². The largest absolute Gasteiger partial charge is 0.391 e. The molecular formula is C8H11N4OS2+. The van der Waals surface area contributed by atoms with Crippen LogP contribution >= 0.6 is 24.0 Å². The van der Waals surface area contributed by atoms with Gasteiger partial charge in [-0.3, -0.25) is 0 Å². The Kier molecular flexibility index (Phi) is 4.44. The number of hydrogen-bond donors (Lipinski definition) is 2. The predicted molar refractivity (Wildman–Crippen MR) is 66.2 cm³/mol. The Morgan fingerprint density at radius 3 is 3.13 bits per heavy atom. The van der Waals surface area contributed by atoms with Crippen LogP contribution in [-0.2, 0) is 4.79 Å². The molecule has 0 aromatic heterocycles. The molecule has 7 heteroatoms. The minimum Gasteiger partial charge on any atom is -0.363 e. The molecule has 1 fully saturated rings. The summed E-state index contributed by atoms with van der Waals surface area (Å²) in [5.41, 5.74) is 2.62. The number of rotatable bonds is 2. The van der Waals surface area contributed by atoms with Gasteiger partial charge in [0.15, 0.2) is 0 Å². The predicted octanol–water partition coefficient (Wildman–Crippen LogP) is -0.106. The molecule has 1 amide bonds. The summed E-state index contributed by atoms with van der Waals surface area (Å²) in [5.74, 6) is 0.368. The number of thiocarbonyl (C=S) groups is 1. The molecular weight excluding hydrogens is 232 g/mol. The fourth-order valence-electron chi connectivity index (χ4n) is 0.865. The number of nitrogens with zero attached hydrogens (tertiary/aromatic N) is 2. The lowest BCUT2D eigenvalue weighted by Gasteiger charge is -1.95. The van der Waals surface area contributed by atoms with Gasteiger partial charge in [-0.2, -0.15) is 10.0 Å². The van der Waals surface area contributed by atoms with Crippen molar-refractivity contribution in [3.05, 3.63) is 12.7 Å². The SMILES string of the molecule is C=CC=[N+]1C(=O)CSC1=NNC(=S)NC. The normalized spacial score (nSPS) is 20.7. The highest BCUT2D eigenvalue weighted by Gasteiger charge is 2.32. The number of thioether (sulfide) groups is 1. The zero-order chi connectivity index (χ0) is 11.3. The molecule has 0 saturated carbocycles. The molecule has 0 aliphatic carbocycles. The zero-order valence-corrected chi connectivity index (χ0v) is 9.82. The van der Waals surface area contributed by atoms with Crippen LogP contribution in [0.1, 0.15) is 0 Å². The molecule has 0 aromatic rings. The summed E-state index contributed by atoms with van der Waals surface area (Å²) >= 11 is 6.20. The van der Waals surface area contributed by atoms with Crippen LogP contribution in [0.3, 0.4) is 0 Å². The maximum atomic E-state index is 11.4. The van der Waals surface area contributed by atoms with E-state index < -0.39 is 0 Å². The molecule has 0 spiro atoms. The van der Waals surface area contributed by atoms with Crippen molar-refractivity contribution < 1.29 is 9.37 Å². The molecule has 1 saturated heterocycles. The number of amidine groups is 1. The van der Waals surface area contributed by atoms with Gasteiger partial charge < -0.3 is 5.32 Å². The monoisotopic (exact) mass is 243 g/mol. The number of hydrogen-bond acceptors (Lipinski definition) is 4. The van der Waals surface area contributed by atoms with Crippen molar-refractivity contribution >= 4 is 46.4 Å². The second-order valence-electron chi connectivity index (χ2n) is 2.52. The Bertz CT molecular complexity index is 362. The minimum absolute atomic E-state index is 0.0178. The fraction of sp³-hybridized carbons (Fsp3) is 0.250. The summed E-state index contributed by atoms with van der Waals surface area (Å²) in [6.45, 7) is 3.53. The van der Waals surface area contributed by atoms with Crippen molar-refractivity contribution in [2.75, 3.05) is 12.8 Å². The first-order valence-corrected chi connectivity index (χ1v) is 5.54. The molecule has 1 aliphatic rings. The second-order valence-corrected chi connectivity index (χ2v) is 3.87. The lowest BCUT2D eigenvalue weighted by molar-refractivity contribution is -0.323. The summed E-state index contributed by atoms with van der Waals surface area (Å²) < 4.78 is 1.43. The average molecular weight is 243 g/mol. The average Bonchev–Trinajstić information content (AvgIpc) is 2.58. The standard InChI is InChI=1S/C8H10N4OS2/c1-3-4-12-6(13)5-15-8(12)11-10-7(14)9-2/h3-4H,1,5H2,2H3,(H-,9,10,14)/p+1. The van der Waals surface area contributed by atoms with E-state index in [1.807, 2.05) is 0 Å². The highest BCUT2D eigenvalue weighted by atomic mass is 32.2. The zero-order valence-electron chi connectivity index (χ0n) is 8.19. The van der Waals surface area contributed by atoms with Gasteiger partial charge >= 0.3 is 11.1 Å². The maximum absolute atomic E-state index is 11.4. The molecule has 5 nitrogen and oxygen atoms in total. The molecule has 2 N–H and O–H groups in total. The third-order valence-electron chi connectivity index (χ3n) is 1.53. The minimum atomic E-state index is -0.0178. The molecule has 0 aromatic carbocycles. The summed E-state index contributed by atoms with van der Waals surface area (Å²) in [6.07, 6.45) is 3.11. The molecule has 80 valence electrons. The fourth-order valence-corrected chi connectivity index (χ4v) is 1.71. The Morgan fingerprint density at radius 2 is 2.53 bits per heavy atom. The van der Waals surface area contributed by atoms with E-state index in [4.69, 9.17) is 12.2 Å². The Balaban J connectivity index is 2.77. The number of carbonyl (C=O) groups excluding carboxylic acids is 1. The Morgan fingerprint density at radius 1 is 1.80 bits per heavy atom. The van der Waals surface area contributed by atoms with Gasteiger partial charge in [-0.05, 0) is 30.1 Å². The molecule has 1 aliphatic heterocycles. The van der Waals surface area contributed by atoms with Crippen LogP contribution in [0.5, 0.6) is 0 Å². The van der Waals surface area contributed by atoms with Gasteiger partial charge in [0.05, 0.1) is 11.3 Å². The van der Waals surface area contributed by atoms with Gasteiger partial charge in [0, 0.05) is 7.05 Å². The molecule has 1 rings (SSSR count).